The van der Waals surface area contributed by atoms with Crippen LogP contribution in [0.2, 0.25) is 0 Å². The van der Waals surface area contributed by atoms with Crippen LogP contribution < -0.4 is 10.6 Å². The number of nitrogens with one attached hydrogen (secondary N) is 2. The Kier molecular flexibility index (Phi) is 5.56. The third-order valence-corrected chi connectivity index (χ3v) is 3.26. The minimum absolute atomic E-state index is 0. The lowest BCUT2D eigenvalue weighted by Crippen LogP contribution is -2.50. The molecule has 0 radical (unpaired) electrons. The van der Waals surface area contributed by atoms with Crippen LogP contribution in [0.3, 0.4) is 0 Å². The van der Waals surface area contributed by atoms with E-state index in [-0.39, 0.29) is 29.9 Å². The lowest BCUT2D eigenvalue weighted by molar-refractivity contribution is 0.0911. The lowest BCUT2D eigenvalue weighted by atomic mass is 9.94. The molecule has 1 aliphatic rings. The van der Waals surface area contributed by atoms with Gasteiger partial charge in [0.2, 0.25) is 0 Å². The van der Waals surface area contributed by atoms with Crippen molar-refractivity contribution in [1.29, 1.82) is 0 Å². The van der Waals surface area contributed by atoms with Crippen molar-refractivity contribution in [2.24, 2.45) is 5.92 Å². The number of halogens is 2. The van der Waals surface area contributed by atoms with E-state index in [1.807, 2.05) is 0 Å². The summed E-state index contributed by atoms with van der Waals surface area (Å²) in [6.07, 6.45) is 1.03. The van der Waals surface area contributed by atoms with E-state index in [1.54, 1.807) is 12.1 Å². The van der Waals surface area contributed by atoms with Gasteiger partial charge in [0.05, 0.1) is 5.56 Å². The zero-order valence-electron chi connectivity index (χ0n) is 10.3. The Hall–Kier alpha value is -1.13. The first-order valence-electron chi connectivity index (χ1n) is 5.94. The van der Waals surface area contributed by atoms with Crippen molar-refractivity contribution in [1.82, 2.24) is 10.6 Å². The summed E-state index contributed by atoms with van der Waals surface area (Å²) in [5.74, 6) is -0.378. The number of rotatable bonds is 2. The molecule has 0 bridgehead atoms. The monoisotopic (exact) mass is 272 g/mol. The molecule has 1 aliphatic heterocycles. The van der Waals surface area contributed by atoms with Crippen molar-refractivity contribution in [3.8, 4) is 0 Å². The minimum atomic E-state index is -0.471. The average molecular weight is 273 g/mol. The smallest absolute Gasteiger partial charge is 0.254 e. The van der Waals surface area contributed by atoms with Gasteiger partial charge in [-0.3, -0.25) is 4.79 Å². The quantitative estimate of drug-likeness (QED) is 0.864. The Bertz CT molecular complexity index is 414. The van der Waals surface area contributed by atoms with Crippen LogP contribution in [0.5, 0.6) is 0 Å². The second kappa shape index (κ2) is 6.71. The molecule has 2 rings (SSSR count). The summed E-state index contributed by atoms with van der Waals surface area (Å²) < 4.78 is 13.4. The average Bonchev–Trinajstić information content (AvgIpc) is 2.32. The van der Waals surface area contributed by atoms with E-state index >= 15 is 0 Å². The van der Waals surface area contributed by atoms with Gasteiger partial charge in [-0.2, -0.15) is 0 Å². The normalized spacial score (nSPS) is 23.0. The van der Waals surface area contributed by atoms with E-state index in [1.165, 1.54) is 12.1 Å². The van der Waals surface area contributed by atoms with E-state index in [4.69, 9.17) is 0 Å². The summed E-state index contributed by atoms with van der Waals surface area (Å²) in [5, 5.41) is 6.11. The molecule has 2 atom stereocenters. The summed E-state index contributed by atoms with van der Waals surface area (Å²) in [4.78, 5) is 11.9. The van der Waals surface area contributed by atoms with Gasteiger partial charge in [-0.15, -0.1) is 12.4 Å². The van der Waals surface area contributed by atoms with Crippen LogP contribution >= 0.6 is 12.4 Å². The molecule has 0 aromatic heterocycles. The molecule has 1 heterocycles. The molecule has 1 fully saturated rings. The minimum Gasteiger partial charge on any atom is -0.348 e. The van der Waals surface area contributed by atoms with E-state index < -0.39 is 5.82 Å². The molecule has 1 saturated heterocycles. The first-order valence-corrected chi connectivity index (χ1v) is 5.94. The van der Waals surface area contributed by atoms with Crippen LogP contribution in [-0.4, -0.2) is 25.0 Å². The highest BCUT2D eigenvalue weighted by molar-refractivity contribution is 5.94. The molecule has 1 aromatic carbocycles. The third-order valence-electron chi connectivity index (χ3n) is 3.26. The maximum atomic E-state index is 13.4. The highest BCUT2D eigenvalue weighted by Gasteiger charge is 2.23. The molecule has 2 N–H and O–H groups in total. The zero-order chi connectivity index (χ0) is 12.3. The molecule has 2 unspecified atom stereocenters. The summed E-state index contributed by atoms with van der Waals surface area (Å²) in [6, 6.07) is 6.14. The van der Waals surface area contributed by atoms with E-state index in [2.05, 4.69) is 17.6 Å². The van der Waals surface area contributed by atoms with Gasteiger partial charge in [-0.1, -0.05) is 19.1 Å². The molecule has 5 heteroatoms. The molecule has 100 valence electrons. The number of benzene rings is 1. The van der Waals surface area contributed by atoms with Gasteiger partial charge in [0.15, 0.2) is 0 Å². The summed E-state index contributed by atoms with van der Waals surface area (Å²) in [5.41, 5.74) is 0.116. The Morgan fingerprint density at radius 3 is 2.83 bits per heavy atom. The molecule has 0 spiro atoms. The first kappa shape index (κ1) is 14.9. The molecule has 1 amide bonds. The molecular weight excluding hydrogens is 255 g/mol. The fourth-order valence-corrected chi connectivity index (χ4v) is 2.07. The van der Waals surface area contributed by atoms with Gasteiger partial charge in [-0.05, 0) is 31.0 Å². The molecule has 3 nitrogen and oxygen atoms in total. The van der Waals surface area contributed by atoms with Crippen molar-refractivity contribution in [3.63, 3.8) is 0 Å². The zero-order valence-corrected chi connectivity index (χ0v) is 11.1. The lowest BCUT2D eigenvalue weighted by Gasteiger charge is -2.30. The SMILES string of the molecule is CC1CCNCC1NC(=O)c1ccccc1F.Cl. The third kappa shape index (κ3) is 3.43. The topological polar surface area (TPSA) is 41.1 Å². The van der Waals surface area contributed by atoms with Gasteiger partial charge >= 0.3 is 0 Å². The Labute approximate surface area is 113 Å². The maximum Gasteiger partial charge on any atom is 0.254 e. The van der Waals surface area contributed by atoms with Crippen LogP contribution in [0.25, 0.3) is 0 Å². The van der Waals surface area contributed by atoms with Crippen LogP contribution in [0, 0.1) is 11.7 Å². The van der Waals surface area contributed by atoms with Crippen molar-refractivity contribution in [2.75, 3.05) is 13.1 Å². The molecule has 18 heavy (non-hydrogen) atoms. The maximum absolute atomic E-state index is 13.4. The van der Waals surface area contributed by atoms with E-state index in [9.17, 15) is 9.18 Å². The van der Waals surface area contributed by atoms with Crippen molar-refractivity contribution in [3.05, 3.63) is 35.6 Å². The summed E-state index contributed by atoms with van der Waals surface area (Å²) in [6.45, 7) is 3.84. The van der Waals surface area contributed by atoms with E-state index in [0.29, 0.717) is 5.92 Å². The Morgan fingerprint density at radius 2 is 2.17 bits per heavy atom. The molecule has 1 aromatic rings. The number of carbonyl (C=O) groups excluding carboxylic acids is 1. The molecular formula is C13H18ClFN2O. The van der Waals surface area contributed by atoms with Crippen molar-refractivity contribution >= 4 is 18.3 Å². The van der Waals surface area contributed by atoms with Gasteiger partial charge in [0.25, 0.3) is 5.91 Å². The van der Waals surface area contributed by atoms with Gasteiger partial charge in [-0.25, -0.2) is 4.39 Å². The highest BCUT2D eigenvalue weighted by atomic mass is 35.5. The first-order chi connectivity index (χ1) is 8.18. The summed E-state index contributed by atoms with van der Waals surface area (Å²) >= 11 is 0. The van der Waals surface area contributed by atoms with Crippen molar-refractivity contribution in [2.45, 2.75) is 19.4 Å². The number of amides is 1. The van der Waals surface area contributed by atoms with E-state index in [0.717, 1.165) is 19.5 Å². The second-order valence-corrected chi connectivity index (χ2v) is 4.53. The largest absolute Gasteiger partial charge is 0.348 e. The number of hydrogen-bond donors (Lipinski definition) is 2. The molecule has 0 aliphatic carbocycles. The second-order valence-electron chi connectivity index (χ2n) is 4.53. The van der Waals surface area contributed by atoms with Gasteiger partial charge in [0.1, 0.15) is 5.82 Å². The predicted octanol–water partition coefficient (Wildman–Crippen LogP) is 1.98. The highest BCUT2D eigenvalue weighted by Crippen LogP contribution is 2.13. The van der Waals surface area contributed by atoms with Crippen LogP contribution in [0.4, 0.5) is 4.39 Å². The fourth-order valence-electron chi connectivity index (χ4n) is 2.07. The number of carbonyl (C=O) groups is 1. The number of hydrogen-bond acceptors (Lipinski definition) is 2. The predicted molar refractivity (Wildman–Crippen MR) is 71.6 cm³/mol. The van der Waals surface area contributed by atoms with Crippen molar-refractivity contribution < 1.29 is 9.18 Å². The molecule has 0 saturated carbocycles. The Balaban J connectivity index is 0.00000162. The van der Waals surface area contributed by atoms with Gasteiger partial charge < -0.3 is 10.6 Å². The fraction of sp³-hybridized carbons (Fsp3) is 0.462. The van der Waals surface area contributed by atoms with Crippen LogP contribution in [-0.2, 0) is 0 Å². The standard InChI is InChI=1S/C13H17FN2O.ClH/c1-9-6-7-15-8-12(9)16-13(17)10-4-2-3-5-11(10)14;/h2-5,9,12,15H,6-8H2,1H3,(H,16,17);1H. The van der Waals surface area contributed by atoms with Gasteiger partial charge in [0, 0.05) is 12.6 Å². The van der Waals surface area contributed by atoms with Crippen LogP contribution in [0.15, 0.2) is 24.3 Å². The number of piperidine rings is 1. The Morgan fingerprint density at radius 1 is 1.44 bits per heavy atom. The van der Waals surface area contributed by atoms with Crippen LogP contribution in [0.1, 0.15) is 23.7 Å². The summed E-state index contributed by atoms with van der Waals surface area (Å²) in [7, 11) is 0.